The number of pyridine rings is 1. The van der Waals surface area contributed by atoms with Gasteiger partial charge in [-0.05, 0) is 42.8 Å². The molecule has 0 bridgehead atoms. The number of rotatable bonds is 5. The van der Waals surface area contributed by atoms with Gasteiger partial charge in [-0.25, -0.2) is 18.7 Å². The predicted molar refractivity (Wildman–Crippen MR) is 83.0 cm³/mol. The minimum Gasteiger partial charge on any atom is -0.309 e. The third-order valence-electron chi connectivity index (χ3n) is 3.53. The summed E-state index contributed by atoms with van der Waals surface area (Å²) >= 11 is 0. The molecule has 0 fully saturated rings. The summed E-state index contributed by atoms with van der Waals surface area (Å²) in [6, 6.07) is 7.27. The summed E-state index contributed by atoms with van der Waals surface area (Å²) in [5.74, 6) is 0.772. The number of hydrogen-bond donors (Lipinski definition) is 1. The SMILES string of the molecule is Cc1nccn1-c1cc(CNCc2cc(F)ccc2F)ccn1. The fourth-order valence-corrected chi connectivity index (χ4v) is 2.34. The lowest BCUT2D eigenvalue weighted by Gasteiger charge is -2.09. The van der Waals surface area contributed by atoms with Crippen LogP contribution in [0.3, 0.4) is 0 Å². The summed E-state index contributed by atoms with van der Waals surface area (Å²) in [7, 11) is 0. The number of benzene rings is 1. The van der Waals surface area contributed by atoms with E-state index < -0.39 is 11.6 Å². The second-order valence-electron chi connectivity index (χ2n) is 5.21. The molecule has 2 aromatic heterocycles. The Kier molecular flexibility index (Phi) is 4.43. The van der Waals surface area contributed by atoms with E-state index in [1.54, 1.807) is 12.4 Å². The third-order valence-corrected chi connectivity index (χ3v) is 3.53. The highest BCUT2D eigenvalue weighted by Gasteiger charge is 2.05. The molecule has 2 heterocycles. The van der Waals surface area contributed by atoms with Gasteiger partial charge >= 0.3 is 0 Å². The third kappa shape index (κ3) is 3.60. The second-order valence-corrected chi connectivity index (χ2v) is 5.21. The first-order valence-electron chi connectivity index (χ1n) is 7.23. The number of halogens is 2. The number of hydrogen-bond acceptors (Lipinski definition) is 3. The van der Waals surface area contributed by atoms with Crippen molar-refractivity contribution in [3.05, 3.63) is 77.5 Å². The van der Waals surface area contributed by atoms with E-state index in [9.17, 15) is 8.78 Å². The minimum absolute atomic E-state index is 0.255. The molecule has 0 aliphatic carbocycles. The van der Waals surface area contributed by atoms with Crippen molar-refractivity contribution in [1.82, 2.24) is 19.9 Å². The molecule has 6 heteroatoms. The molecule has 118 valence electrons. The van der Waals surface area contributed by atoms with Crippen molar-refractivity contribution in [3.63, 3.8) is 0 Å². The smallest absolute Gasteiger partial charge is 0.138 e. The molecule has 23 heavy (non-hydrogen) atoms. The van der Waals surface area contributed by atoms with Crippen LogP contribution < -0.4 is 5.32 Å². The molecule has 0 atom stereocenters. The van der Waals surface area contributed by atoms with Crippen LogP contribution >= 0.6 is 0 Å². The van der Waals surface area contributed by atoms with Crippen molar-refractivity contribution in [2.24, 2.45) is 0 Å². The summed E-state index contributed by atoms with van der Waals surface area (Å²) in [6.07, 6.45) is 5.28. The standard InChI is InChI=1S/C17H16F2N4/c1-12-21-6-7-23(12)17-8-13(4-5-22-17)10-20-11-14-9-15(18)2-3-16(14)19/h2-9,20H,10-11H2,1H3. The second kappa shape index (κ2) is 6.66. The lowest BCUT2D eigenvalue weighted by atomic mass is 10.2. The molecule has 0 unspecified atom stereocenters. The normalized spacial score (nSPS) is 10.9. The van der Waals surface area contributed by atoms with Gasteiger partial charge in [-0.2, -0.15) is 0 Å². The minimum atomic E-state index is -0.440. The number of imidazole rings is 1. The van der Waals surface area contributed by atoms with Gasteiger partial charge in [0.2, 0.25) is 0 Å². The van der Waals surface area contributed by atoms with Crippen LogP contribution in [0, 0.1) is 18.6 Å². The van der Waals surface area contributed by atoms with E-state index in [2.05, 4.69) is 15.3 Å². The van der Waals surface area contributed by atoms with Gasteiger partial charge in [-0.1, -0.05) is 0 Å². The zero-order valence-corrected chi connectivity index (χ0v) is 12.6. The first-order valence-corrected chi connectivity index (χ1v) is 7.23. The van der Waals surface area contributed by atoms with E-state index in [-0.39, 0.29) is 6.54 Å². The lowest BCUT2D eigenvalue weighted by molar-refractivity contribution is 0.568. The Hall–Kier alpha value is -2.60. The Bertz CT molecular complexity index is 814. The van der Waals surface area contributed by atoms with Crippen LogP contribution in [0.4, 0.5) is 8.78 Å². The van der Waals surface area contributed by atoms with Gasteiger partial charge in [0.25, 0.3) is 0 Å². The molecular formula is C17H16F2N4. The molecule has 1 N–H and O–H groups in total. The van der Waals surface area contributed by atoms with Crippen LogP contribution in [0.2, 0.25) is 0 Å². The molecule has 0 saturated carbocycles. The fraction of sp³-hybridized carbons (Fsp3) is 0.176. The number of nitrogens with zero attached hydrogens (tertiary/aromatic N) is 3. The number of aromatic nitrogens is 3. The van der Waals surface area contributed by atoms with Gasteiger partial charge in [0, 0.05) is 37.2 Å². The Morgan fingerprint density at radius 2 is 1.91 bits per heavy atom. The first-order chi connectivity index (χ1) is 11.1. The zero-order valence-electron chi connectivity index (χ0n) is 12.6. The van der Waals surface area contributed by atoms with E-state index in [0.717, 1.165) is 29.3 Å². The summed E-state index contributed by atoms with van der Waals surface area (Å²) in [6.45, 7) is 2.68. The molecule has 3 aromatic rings. The molecular weight excluding hydrogens is 298 g/mol. The van der Waals surface area contributed by atoms with E-state index in [1.807, 2.05) is 29.8 Å². The van der Waals surface area contributed by atoms with Crippen molar-refractivity contribution in [2.45, 2.75) is 20.0 Å². The fourth-order valence-electron chi connectivity index (χ4n) is 2.34. The molecule has 0 radical (unpaired) electrons. The molecule has 0 saturated heterocycles. The maximum atomic E-state index is 13.6. The molecule has 0 aliphatic heterocycles. The maximum Gasteiger partial charge on any atom is 0.138 e. The maximum absolute atomic E-state index is 13.6. The topological polar surface area (TPSA) is 42.7 Å². The average Bonchev–Trinajstić information content (AvgIpc) is 2.97. The molecule has 0 amide bonds. The zero-order chi connectivity index (χ0) is 16.2. The highest BCUT2D eigenvalue weighted by Crippen LogP contribution is 2.11. The van der Waals surface area contributed by atoms with Crippen molar-refractivity contribution < 1.29 is 8.78 Å². The average molecular weight is 314 g/mol. The number of nitrogens with one attached hydrogen (secondary N) is 1. The monoisotopic (exact) mass is 314 g/mol. The Morgan fingerprint density at radius 3 is 2.70 bits per heavy atom. The Morgan fingerprint density at radius 1 is 1.04 bits per heavy atom. The quantitative estimate of drug-likeness (QED) is 0.787. The highest BCUT2D eigenvalue weighted by molar-refractivity contribution is 5.29. The summed E-state index contributed by atoms with van der Waals surface area (Å²) < 4.78 is 28.6. The van der Waals surface area contributed by atoms with Crippen LogP contribution in [-0.4, -0.2) is 14.5 Å². The molecule has 0 aliphatic rings. The number of aryl methyl sites for hydroxylation is 1. The first kappa shape index (κ1) is 15.3. The molecule has 1 aromatic carbocycles. The van der Waals surface area contributed by atoms with E-state index in [1.165, 1.54) is 6.07 Å². The van der Waals surface area contributed by atoms with Crippen LogP contribution in [0.1, 0.15) is 17.0 Å². The van der Waals surface area contributed by atoms with Gasteiger partial charge in [-0.3, -0.25) is 4.57 Å². The van der Waals surface area contributed by atoms with Crippen molar-refractivity contribution in [3.8, 4) is 5.82 Å². The van der Waals surface area contributed by atoms with Crippen molar-refractivity contribution in [1.29, 1.82) is 0 Å². The predicted octanol–water partition coefficient (Wildman–Crippen LogP) is 3.14. The lowest BCUT2D eigenvalue weighted by Crippen LogP contribution is -2.14. The highest BCUT2D eigenvalue weighted by atomic mass is 19.1. The summed E-state index contributed by atoms with van der Waals surface area (Å²) in [5.41, 5.74) is 1.31. The van der Waals surface area contributed by atoms with Gasteiger partial charge in [-0.15, -0.1) is 0 Å². The summed E-state index contributed by atoms with van der Waals surface area (Å²) in [5, 5.41) is 3.11. The molecule has 0 spiro atoms. The van der Waals surface area contributed by atoms with Crippen LogP contribution in [0.15, 0.2) is 48.9 Å². The van der Waals surface area contributed by atoms with Crippen molar-refractivity contribution >= 4 is 0 Å². The van der Waals surface area contributed by atoms with Crippen molar-refractivity contribution in [2.75, 3.05) is 0 Å². The van der Waals surface area contributed by atoms with E-state index in [4.69, 9.17) is 0 Å². The van der Waals surface area contributed by atoms with E-state index >= 15 is 0 Å². The molecule has 4 nitrogen and oxygen atoms in total. The van der Waals surface area contributed by atoms with Crippen LogP contribution in [-0.2, 0) is 13.1 Å². The van der Waals surface area contributed by atoms with E-state index in [0.29, 0.717) is 12.1 Å². The molecule has 3 rings (SSSR count). The Labute approximate surface area is 132 Å². The summed E-state index contributed by atoms with van der Waals surface area (Å²) in [4.78, 5) is 8.49. The van der Waals surface area contributed by atoms with Gasteiger partial charge in [0.1, 0.15) is 23.3 Å². The van der Waals surface area contributed by atoms with Gasteiger partial charge < -0.3 is 5.32 Å². The largest absolute Gasteiger partial charge is 0.309 e. The van der Waals surface area contributed by atoms with Crippen LogP contribution in [0.5, 0.6) is 0 Å². The Balaban J connectivity index is 1.67. The van der Waals surface area contributed by atoms with Gasteiger partial charge in [0.15, 0.2) is 0 Å². The van der Waals surface area contributed by atoms with Gasteiger partial charge in [0.05, 0.1) is 0 Å². The van der Waals surface area contributed by atoms with Crippen LogP contribution in [0.25, 0.3) is 5.82 Å².